The van der Waals surface area contributed by atoms with E-state index in [0.717, 1.165) is 12.8 Å². The lowest BCUT2D eigenvalue weighted by Gasteiger charge is -2.25. The highest BCUT2D eigenvalue weighted by Gasteiger charge is 2.20. The minimum absolute atomic E-state index is 0.292. The van der Waals surface area contributed by atoms with Gasteiger partial charge in [0.25, 0.3) is 5.91 Å². The molecule has 0 bridgehead atoms. The number of carbonyl (C=O) groups is 1. The molecule has 0 atom stereocenters. The van der Waals surface area contributed by atoms with Crippen molar-refractivity contribution in [1.82, 2.24) is 5.06 Å². The first-order valence-electron chi connectivity index (χ1n) is 5.08. The monoisotopic (exact) mass is 287 g/mol. The van der Waals surface area contributed by atoms with E-state index >= 15 is 0 Å². The summed E-state index contributed by atoms with van der Waals surface area (Å²) in [7, 11) is 0. The number of nitrogens with zero attached hydrogens (tertiary/aromatic N) is 1. The van der Waals surface area contributed by atoms with Crippen LogP contribution in [0.1, 0.15) is 23.2 Å². The van der Waals surface area contributed by atoms with Gasteiger partial charge in [0.1, 0.15) is 5.82 Å². The molecule has 0 saturated carbocycles. The van der Waals surface area contributed by atoms with E-state index in [0.29, 0.717) is 23.2 Å². The third-order valence-electron chi connectivity index (χ3n) is 2.34. The van der Waals surface area contributed by atoms with E-state index in [1.54, 1.807) is 6.07 Å². The van der Waals surface area contributed by atoms with Crippen molar-refractivity contribution in [2.45, 2.75) is 12.8 Å². The van der Waals surface area contributed by atoms with Crippen LogP contribution in [0.2, 0.25) is 0 Å². The Hall–Kier alpha value is -0.940. The molecule has 3 nitrogen and oxygen atoms in total. The van der Waals surface area contributed by atoms with E-state index in [9.17, 15) is 9.18 Å². The van der Waals surface area contributed by atoms with Crippen LogP contribution in [0.25, 0.3) is 0 Å². The summed E-state index contributed by atoms with van der Waals surface area (Å²) >= 11 is 3.15. The van der Waals surface area contributed by atoms with Gasteiger partial charge in [-0.15, -0.1) is 0 Å². The second-order valence-corrected chi connectivity index (χ2v) is 4.52. The van der Waals surface area contributed by atoms with Gasteiger partial charge in [0.15, 0.2) is 0 Å². The second-order valence-electron chi connectivity index (χ2n) is 3.61. The molecule has 1 aliphatic heterocycles. The van der Waals surface area contributed by atoms with Gasteiger partial charge < -0.3 is 0 Å². The van der Waals surface area contributed by atoms with Crippen molar-refractivity contribution in [1.29, 1.82) is 0 Å². The maximum atomic E-state index is 13.1. The molecule has 1 aromatic rings. The number of rotatable bonds is 1. The standard InChI is InChI=1S/C11H11BrFNO2/c12-9-5-8(6-10(13)7-9)11(15)14-3-1-2-4-16-14/h5-7H,1-4H2. The predicted molar refractivity (Wildman–Crippen MR) is 60.3 cm³/mol. The average Bonchev–Trinajstić information content (AvgIpc) is 2.28. The molecule has 0 unspecified atom stereocenters. The van der Waals surface area contributed by atoms with Crippen LogP contribution in [-0.4, -0.2) is 24.1 Å². The van der Waals surface area contributed by atoms with Crippen molar-refractivity contribution >= 4 is 21.8 Å². The van der Waals surface area contributed by atoms with E-state index in [2.05, 4.69) is 15.9 Å². The zero-order valence-electron chi connectivity index (χ0n) is 8.58. The average molecular weight is 288 g/mol. The number of halogens is 2. The van der Waals surface area contributed by atoms with E-state index in [1.165, 1.54) is 17.2 Å². The Kier molecular flexibility index (Phi) is 3.56. The molecule has 0 aliphatic carbocycles. The lowest BCUT2D eigenvalue weighted by Crippen LogP contribution is -2.35. The van der Waals surface area contributed by atoms with Crippen LogP contribution in [0.5, 0.6) is 0 Å². The SMILES string of the molecule is O=C(c1cc(F)cc(Br)c1)N1CCCCO1. The van der Waals surface area contributed by atoms with Crippen LogP contribution in [-0.2, 0) is 4.84 Å². The molecule has 1 amide bonds. The number of hydrogen-bond donors (Lipinski definition) is 0. The molecule has 5 heteroatoms. The smallest absolute Gasteiger partial charge is 0.271 e. The summed E-state index contributed by atoms with van der Waals surface area (Å²) in [5, 5.41) is 1.30. The second kappa shape index (κ2) is 4.93. The molecule has 1 fully saturated rings. The van der Waals surface area contributed by atoms with E-state index in [1.807, 2.05) is 0 Å². The number of benzene rings is 1. The normalized spacial score (nSPS) is 16.2. The first kappa shape index (κ1) is 11.5. The van der Waals surface area contributed by atoms with Gasteiger partial charge in [0.05, 0.1) is 6.61 Å². The quantitative estimate of drug-likeness (QED) is 0.795. The van der Waals surface area contributed by atoms with Crippen molar-refractivity contribution in [2.75, 3.05) is 13.2 Å². The zero-order valence-corrected chi connectivity index (χ0v) is 10.2. The molecule has 1 saturated heterocycles. The maximum Gasteiger partial charge on any atom is 0.277 e. The summed E-state index contributed by atoms with van der Waals surface area (Å²) < 4.78 is 13.7. The van der Waals surface area contributed by atoms with E-state index < -0.39 is 5.82 Å². The van der Waals surface area contributed by atoms with Gasteiger partial charge in [-0.1, -0.05) is 15.9 Å². The Morgan fingerprint density at radius 2 is 2.19 bits per heavy atom. The highest BCUT2D eigenvalue weighted by molar-refractivity contribution is 9.10. The lowest BCUT2D eigenvalue weighted by molar-refractivity contribution is -0.144. The summed E-state index contributed by atoms with van der Waals surface area (Å²) in [6.45, 7) is 1.11. The first-order valence-corrected chi connectivity index (χ1v) is 5.87. The van der Waals surface area contributed by atoms with Crippen molar-refractivity contribution < 1.29 is 14.0 Å². The van der Waals surface area contributed by atoms with Crippen molar-refractivity contribution in [3.8, 4) is 0 Å². The largest absolute Gasteiger partial charge is 0.277 e. The summed E-state index contributed by atoms with van der Waals surface area (Å²) in [6.07, 6.45) is 1.87. The molecule has 1 aliphatic rings. The number of hydrogen-bond acceptors (Lipinski definition) is 2. The first-order chi connectivity index (χ1) is 7.66. The lowest BCUT2D eigenvalue weighted by atomic mass is 10.2. The van der Waals surface area contributed by atoms with Crippen LogP contribution in [0, 0.1) is 5.82 Å². The number of amides is 1. The predicted octanol–water partition coefficient (Wildman–Crippen LogP) is 2.76. The molecule has 1 aromatic carbocycles. The third kappa shape index (κ3) is 2.59. The zero-order chi connectivity index (χ0) is 11.5. The molecule has 0 radical (unpaired) electrons. The molecule has 16 heavy (non-hydrogen) atoms. The van der Waals surface area contributed by atoms with Crippen LogP contribution >= 0.6 is 15.9 Å². The summed E-state index contributed by atoms with van der Waals surface area (Å²) in [6, 6.07) is 4.11. The van der Waals surface area contributed by atoms with Crippen molar-refractivity contribution in [2.24, 2.45) is 0 Å². The van der Waals surface area contributed by atoms with Crippen LogP contribution < -0.4 is 0 Å². The number of carbonyl (C=O) groups excluding carboxylic acids is 1. The minimum atomic E-state index is -0.435. The van der Waals surface area contributed by atoms with E-state index in [-0.39, 0.29) is 5.91 Å². The maximum absolute atomic E-state index is 13.1. The van der Waals surface area contributed by atoms with Crippen LogP contribution in [0.4, 0.5) is 4.39 Å². The molecule has 2 rings (SSSR count). The summed E-state index contributed by atoms with van der Waals surface area (Å²) in [4.78, 5) is 17.1. The van der Waals surface area contributed by atoms with Gasteiger partial charge in [0.2, 0.25) is 0 Å². The number of hydroxylamine groups is 2. The highest BCUT2D eigenvalue weighted by Crippen LogP contribution is 2.18. The Bertz CT molecular complexity index is 385. The van der Waals surface area contributed by atoms with Gasteiger partial charge in [0, 0.05) is 16.6 Å². The topological polar surface area (TPSA) is 29.5 Å². The van der Waals surface area contributed by atoms with E-state index in [4.69, 9.17) is 4.84 Å². The van der Waals surface area contributed by atoms with Crippen LogP contribution in [0.15, 0.2) is 22.7 Å². The minimum Gasteiger partial charge on any atom is -0.271 e. The molecule has 1 heterocycles. The summed E-state index contributed by atoms with van der Waals surface area (Å²) in [5.74, 6) is -0.727. The third-order valence-corrected chi connectivity index (χ3v) is 2.80. The summed E-state index contributed by atoms with van der Waals surface area (Å²) in [5.41, 5.74) is 0.300. The van der Waals surface area contributed by atoms with Crippen LogP contribution in [0.3, 0.4) is 0 Å². The van der Waals surface area contributed by atoms with Gasteiger partial charge in [-0.3, -0.25) is 9.63 Å². The molecule has 0 spiro atoms. The van der Waals surface area contributed by atoms with Gasteiger partial charge >= 0.3 is 0 Å². The molecule has 86 valence electrons. The molecule has 0 N–H and O–H groups in total. The fourth-order valence-corrected chi connectivity index (χ4v) is 2.04. The Balaban J connectivity index is 2.19. The fourth-order valence-electron chi connectivity index (χ4n) is 1.58. The van der Waals surface area contributed by atoms with Gasteiger partial charge in [-0.05, 0) is 31.0 Å². The Labute approximate surface area is 101 Å². The Morgan fingerprint density at radius 1 is 1.38 bits per heavy atom. The molecular formula is C11H11BrFNO2. The molecular weight excluding hydrogens is 277 g/mol. The highest BCUT2D eigenvalue weighted by atomic mass is 79.9. The fraction of sp³-hybridized carbons (Fsp3) is 0.364. The van der Waals surface area contributed by atoms with Crippen molar-refractivity contribution in [3.05, 3.63) is 34.1 Å². The van der Waals surface area contributed by atoms with Gasteiger partial charge in [-0.25, -0.2) is 9.45 Å². The molecule has 0 aromatic heterocycles. The van der Waals surface area contributed by atoms with Gasteiger partial charge in [-0.2, -0.15) is 0 Å². The van der Waals surface area contributed by atoms with Crippen molar-refractivity contribution in [3.63, 3.8) is 0 Å². The Morgan fingerprint density at radius 3 is 2.81 bits per heavy atom.